The molecule has 4 aromatic rings. The second-order valence-corrected chi connectivity index (χ2v) is 4.89. The van der Waals surface area contributed by atoms with Crippen LogP contribution in [0.1, 0.15) is 0 Å². The molecule has 0 saturated carbocycles. The van der Waals surface area contributed by atoms with Crippen molar-refractivity contribution in [3.63, 3.8) is 0 Å². The molecule has 0 unspecified atom stereocenters. The van der Waals surface area contributed by atoms with E-state index < -0.39 is 0 Å². The number of nitrogens with zero attached hydrogens (tertiary/aromatic N) is 3. The summed E-state index contributed by atoms with van der Waals surface area (Å²) in [4.78, 5) is 0. The van der Waals surface area contributed by atoms with E-state index in [1.807, 2.05) is 65.6 Å². The van der Waals surface area contributed by atoms with Gasteiger partial charge in [-0.15, -0.1) is 0 Å². The van der Waals surface area contributed by atoms with E-state index in [1.165, 1.54) is 0 Å². The van der Waals surface area contributed by atoms with E-state index in [-0.39, 0.29) is 0 Å². The van der Waals surface area contributed by atoms with E-state index >= 15 is 0 Å². The summed E-state index contributed by atoms with van der Waals surface area (Å²) in [5.74, 6) is 0. The zero-order valence-electron chi connectivity index (χ0n) is 11.2. The molecular formula is C16H13N5. The molecule has 102 valence electrons. The van der Waals surface area contributed by atoms with Crippen molar-refractivity contribution in [2.45, 2.75) is 0 Å². The summed E-state index contributed by atoms with van der Waals surface area (Å²) in [5.41, 5.74) is 10.4. The largest absolute Gasteiger partial charge is 0.399 e. The molecule has 5 nitrogen and oxygen atoms in total. The number of aromatic nitrogens is 4. The van der Waals surface area contributed by atoms with Crippen LogP contribution in [0.25, 0.3) is 27.8 Å². The van der Waals surface area contributed by atoms with Gasteiger partial charge in [-0.2, -0.15) is 10.2 Å². The van der Waals surface area contributed by atoms with Crippen molar-refractivity contribution in [2.24, 2.45) is 0 Å². The van der Waals surface area contributed by atoms with E-state index in [0.29, 0.717) is 0 Å². The lowest BCUT2D eigenvalue weighted by molar-refractivity contribution is 0.880. The quantitative estimate of drug-likeness (QED) is 0.552. The molecule has 0 aliphatic rings. The summed E-state index contributed by atoms with van der Waals surface area (Å²) in [6.45, 7) is 0. The molecular weight excluding hydrogens is 262 g/mol. The maximum absolute atomic E-state index is 5.86. The van der Waals surface area contributed by atoms with E-state index in [0.717, 1.165) is 33.5 Å². The predicted molar refractivity (Wildman–Crippen MR) is 83.1 cm³/mol. The van der Waals surface area contributed by atoms with Gasteiger partial charge >= 0.3 is 0 Å². The Morgan fingerprint density at radius 1 is 1.05 bits per heavy atom. The Hall–Kier alpha value is -3.08. The molecule has 2 heterocycles. The number of nitrogen functional groups attached to an aromatic ring is 1. The second kappa shape index (κ2) is 4.49. The zero-order chi connectivity index (χ0) is 14.2. The van der Waals surface area contributed by atoms with E-state index in [4.69, 9.17) is 5.73 Å². The van der Waals surface area contributed by atoms with Crippen LogP contribution in [0.5, 0.6) is 0 Å². The summed E-state index contributed by atoms with van der Waals surface area (Å²) in [6.07, 6.45) is 3.78. The highest BCUT2D eigenvalue weighted by atomic mass is 15.3. The van der Waals surface area contributed by atoms with Crippen molar-refractivity contribution in [3.05, 3.63) is 60.9 Å². The molecule has 0 aliphatic carbocycles. The van der Waals surface area contributed by atoms with E-state index in [1.54, 1.807) is 0 Å². The van der Waals surface area contributed by atoms with Crippen molar-refractivity contribution in [3.8, 4) is 16.9 Å². The number of anilines is 1. The van der Waals surface area contributed by atoms with Crippen LogP contribution in [0.2, 0.25) is 0 Å². The first-order valence-electron chi connectivity index (χ1n) is 6.65. The van der Waals surface area contributed by atoms with Crippen LogP contribution in [0.3, 0.4) is 0 Å². The van der Waals surface area contributed by atoms with Crippen LogP contribution in [-0.2, 0) is 0 Å². The maximum Gasteiger partial charge on any atom is 0.103 e. The van der Waals surface area contributed by atoms with Crippen molar-refractivity contribution in [1.82, 2.24) is 20.0 Å². The Morgan fingerprint density at radius 3 is 2.76 bits per heavy atom. The number of fused-ring (bicyclic) bond motifs is 1. The second-order valence-electron chi connectivity index (χ2n) is 4.89. The molecule has 0 radical (unpaired) electrons. The smallest absolute Gasteiger partial charge is 0.103 e. The first-order valence-corrected chi connectivity index (χ1v) is 6.65. The van der Waals surface area contributed by atoms with Crippen LogP contribution in [0.4, 0.5) is 5.69 Å². The van der Waals surface area contributed by atoms with Gasteiger partial charge < -0.3 is 5.73 Å². The first kappa shape index (κ1) is 11.7. The van der Waals surface area contributed by atoms with Gasteiger partial charge in [-0.3, -0.25) is 5.10 Å². The minimum Gasteiger partial charge on any atom is -0.399 e. The fraction of sp³-hybridized carbons (Fsp3) is 0. The minimum absolute atomic E-state index is 0.723. The molecule has 3 N–H and O–H groups in total. The average molecular weight is 275 g/mol. The number of rotatable bonds is 2. The summed E-state index contributed by atoms with van der Waals surface area (Å²) in [5, 5.41) is 12.8. The van der Waals surface area contributed by atoms with Gasteiger partial charge in [0.15, 0.2) is 0 Å². The summed E-state index contributed by atoms with van der Waals surface area (Å²) < 4.78 is 1.84. The molecule has 0 bridgehead atoms. The van der Waals surface area contributed by atoms with E-state index in [9.17, 15) is 0 Å². The van der Waals surface area contributed by atoms with Gasteiger partial charge in [0.25, 0.3) is 0 Å². The van der Waals surface area contributed by atoms with Gasteiger partial charge in [-0.25, -0.2) is 4.68 Å². The van der Waals surface area contributed by atoms with Gasteiger partial charge in [-0.05, 0) is 30.3 Å². The number of aromatic amines is 1. The lowest BCUT2D eigenvalue weighted by Crippen LogP contribution is -1.92. The lowest BCUT2D eigenvalue weighted by Gasteiger charge is -1.99. The zero-order valence-corrected chi connectivity index (χ0v) is 11.2. The molecule has 2 aromatic heterocycles. The Bertz CT molecular complexity index is 905. The van der Waals surface area contributed by atoms with Crippen molar-refractivity contribution in [1.29, 1.82) is 0 Å². The van der Waals surface area contributed by atoms with Crippen molar-refractivity contribution in [2.75, 3.05) is 5.73 Å². The predicted octanol–water partition coefficient (Wildman–Crippen LogP) is 3.00. The average Bonchev–Trinajstić information content (AvgIpc) is 3.14. The Balaban J connectivity index is 1.83. The number of nitrogens with one attached hydrogen (secondary N) is 1. The van der Waals surface area contributed by atoms with Crippen molar-refractivity contribution >= 4 is 16.6 Å². The van der Waals surface area contributed by atoms with Crippen LogP contribution < -0.4 is 5.73 Å². The first-order chi connectivity index (χ1) is 10.3. The topological polar surface area (TPSA) is 72.5 Å². The van der Waals surface area contributed by atoms with Crippen LogP contribution in [0, 0.1) is 0 Å². The molecule has 0 atom stereocenters. The number of hydrogen-bond donors (Lipinski definition) is 2. The highest BCUT2D eigenvalue weighted by molar-refractivity contribution is 5.94. The molecule has 0 aliphatic heterocycles. The lowest BCUT2D eigenvalue weighted by atomic mass is 10.1. The highest BCUT2D eigenvalue weighted by Gasteiger charge is 2.11. The summed E-state index contributed by atoms with van der Waals surface area (Å²) in [7, 11) is 0. The minimum atomic E-state index is 0.723. The Labute approximate surface area is 121 Å². The van der Waals surface area contributed by atoms with Gasteiger partial charge in [0.2, 0.25) is 0 Å². The number of hydrogen-bond acceptors (Lipinski definition) is 3. The molecule has 0 amide bonds. The third-order valence-corrected chi connectivity index (χ3v) is 3.46. The van der Waals surface area contributed by atoms with Crippen LogP contribution >= 0.6 is 0 Å². The summed E-state index contributed by atoms with van der Waals surface area (Å²) in [6, 6.07) is 15.7. The molecule has 2 aromatic carbocycles. The normalized spacial score (nSPS) is 11.0. The van der Waals surface area contributed by atoms with Crippen molar-refractivity contribution < 1.29 is 0 Å². The number of benzene rings is 2. The van der Waals surface area contributed by atoms with Gasteiger partial charge in [0.05, 0.1) is 17.4 Å². The molecule has 0 spiro atoms. The molecule has 4 rings (SSSR count). The number of para-hydroxylation sites is 1. The van der Waals surface area contributed by atoms with Crippen LogP contribution in [0.15, 0.2) is 60.9 Å². The standard InChI is InChI=1S/C16H13N5/c17-12-6-7-15-14(8-12)16(20-19-15)11-9-18-21(10-11)13-4-2-1-3-5-13/h1-10H,17H2,(H,19,20). The third kappa shape index (κ3) is 1.95. The third-order valence-electron chi connectivity index (χ3n) is 3.46. The summed E-state index contributed by atoms with van der Waals surface area (Å²) >= 11 is 0. The monoisotopic (exact) mass is 275 g/mol. The van der Waals surface area contributed by atoms with E-state index in [2.05, 4.69) is 15.3 Å². The van der Waals surface area contributed by atoms with Gasteiger partial charge in [0, 0.05) is 22.8 Å². The fourth-order valence-corrected chi connectivity index (χ4v) is 2.42. The SMILES string of the molecule is Nc1ccc2[nH]nc(-c3cnn(-c4ccccc4)c3)c2c1. The Kier molecular flexibility index (Phi) is 2.50. The maximum atomic E-state index is 5.86. The Morgan fingerprint density at radius 2 is 1.90 bits per heavy atom. The molecule has 0 saturated heterocycles. The van der Waals surface area contributed by atoms with Gasteiger partial charge in [0.1, 0.15) is 5.69 Å². The molecule has 0 fully saturated rings. The number of H-pyrrole nitrogens is 1. The van der Waals surface area contributed by atoms with Gasteiger partial charge in [-0.1, -0.05) is 18.2 Å². The number of nitrogens with two attached hydrogens (primary N) is 1. The fourth-order valence-electron chi connectivity index (χ4n) is 2.42. The molecule has 5 heteroatoms. The highest BCUT2D eigenvalue weighted by Crippen LogP contribution is 2.27. The molecule has 21 heavy (non-hydrogen) atoms. The van der Waals surface area contributed by atoms with Crippen LogP contribution in [-0.4, -0.2) is 20.0 Å².